The third-order valence-corrected chi connectivity index (χ3v) is 9.65. The number of likely N-dealkylation sites (tertiary alicyclic amines) is 1. The minimum absolute atomic E-state index is 0.0687. The van der Waals surface area contributed by atoms with Crippen LogP contribution in [0.25, 0.3) is 0 Å². The van der Waals surface area contributed by atoms with Gasteiger partial charge in [0.25, 0.3) is 0 Å². The van der Waals surface area contributed by atoms with Gasteiger partial charge in [-0.3, -0.25) is 14.5 Å². The summed E-state index contributed by atoms with van der Waals surface area (Å²) < 4.78 is 5.99. The summed E-state index contributed by atoms with van der Waals surface area (Å²) in [6.07, 6.45) is 14.1. The Balaban J connectivity index is 1.22. The number of nitrogens with zero attached hydrogens (tertiary/aromatic N) is 2. The van der Waals surface area contributed by atoms with Crippen molar-refractivity contribution in [1.82, 2.24) is 15.1 Å². The van der Waals surface area contributed by atoms with Gasteiger partial charge in [-0.05, 0) is 68.6 Å². The van der Waals surface area contributed by atoms with Crippen LogP contribution in [0.3, 0.4) is 0 Å². The Hall–Kier alpha value is -1.79. The fourth-order valence-electron chi connectivity index (χ4n) is 6.66. The van der Waals surface area contributed by atoms with E-state index in [2.05, 4.69) is 23.2 Å². The standard InChI is InChI=1S/C30H44ClN3O3/c1-2-3-16-34-28(35)27(19-22-8-5-4-6-9-22)32-29(36)30(34)14-17-33(18-15-30)21-23-12-13-25(20-26(23)31)37-24-10-7-11-24/h12-13,20,22,24,27H,2-11,14-19,21H2,1H3,(H,32,36). The predicted molar refractivity (Wildman–Crippen MR) is 147 cm³/mol. The number of halogens is 1. The summed E-state index contributed by atoms with van der Waals surface area (Å²) in [5.41, 5.74) is 0.369. The summed E-state index contributed by atoms with van der Waals surface area (Å²) in [6, 6.07) is 5.68. The highest BCUT2D eigenvalue weighted by Gasteiger charge is 2.53. The Labute approximate surface area is 227 Å². The number of benzene rings is 1. The Bertz CT molecular complexity index is 951. The van der Waals surface area contributed by atoms with Gasteiger partial charge in [-0.25, -0.2) is 0 Å². The van der Waals surface area contributed by atoms with Gasteiger partial charge in [0.1, 0.15) is 17.3 Å². The molecule has 4 aliphatic rings. The van der Waals surface area contributed by atoms with Crippen molar-refractivity contribution in [2.24, 2.45) is 5.92 Å². The summed E-state index contributed by atoms with van der Waals surface area (Å²) in [7, 11) is 0. The van der Waals surface area contributed by atoms with E-state index in [1.807, 2.05) is 17.0 Å². The summed E-state index contributed by atoms with van der Waals surface area (Å²) in [6.45, 7) is 5.11. The van der Waals surface area contributed by atoms with Crippen molar-refractivity contribution < 1.29 is 14.3 Å². The van der Waals surface area contributed by atoms with Crippen molar-refractivity contribution >= 4 is 23.4 Å². The number of ether oxygens (including phenoxy) is 1. The third-order valence-electron chi connectivity index (χ3n) is 9.29. The first-order chi connectivity index (χ1) is 18.0. The molecule has 1 aromatic carbocycles. The Morgan fingerprint density at radius 1 is 1.05 bits per heavy atom. The zero-order chi connectivity index (χ0) is 25.8. The first-order valence-corrected chi connectivity index (χ1v) is 15.2. The molecule has 2 saturated heterocycles. The molecule has 204 valence electrons. The van der Waals surface area contributed by atoms with Crippen molar-refractivity contribution in [1.29, 1.82) is 0 Å². The van der Waals surface area contributed by atoms with E-state index < -0.39 is 5.54 Å². The summed E-state index contributed by atoms with van der Waals surface area (Å²) in [5.74, 6) is 1.63. The topological polar surface area (TPSA) is 61.9 Å². The first kappa shape index (κ1) is 26.8. The number of unbranched alkanes of at least 4 members (excludes halogenated alkanes) is 1. The lowest BCUT2D eigenvalue weighted by Crippen LogP contribution is -2.73. The van der Waals surface area contributed by atoms with Gasteiger partial charge in [0.05, 0.1) is 6.10 Å². The molecule has 5 rings (SSSR count). The van der Waals surface area contributed by atoms with E-state index in [0.29, 0.717) is 31.4 Å². The van der Waals surface area contributed by atoms with Crippen LogP contribution in [0.1, 0.15) is 96.0 Å². The fraction of sp³-hybridized carbons (Fsp3) is 0.733. The van der Waals surface area contributed by atoms with Crippen LogP contribution in [0, 0.1) is 5.92 Å². The van der Waals surface area contributed by atoms with Crippen molar-refractivity contribution in [3.05, 3.63) is 28.8 Å². The smallest absolute Gasteiger partial charge is 0.246 e. The Kier molecular flexibility index (Phi) is 8.65. The second-order valence-corrected chi connectivity index (χ2v) is 12.2. The zero-order valence-electron chi connectivity index (χ0n) is 22.5. The molecule has 1 aromatic rings. The lowest BCUT2D eigenvalue weighted by atomic mass is 9.79. The van der Waals surface area contributed by atoms with Crippen LogP contribution in [0.2, 0.25) is 5.02 Å². The van der Waals surface area contributed by atoms with Crippen molar-refractivity contribution in [3.8, 4) is 5.75 Å². The normalized spacial score (nSPS) is 25.2. The lowest BCUT2D eigenvalue weighted by molar-refractivity contribution is -0.162. The molecule has 4 fully saturated rings. The summed E-state index contributed by atoms with van der Waals surface area (Å²) >= 11 is 6.63. The molecule has 1 spiro atoms. The number of amides is 2. The lowest BCUT2D eigenvalue weighted by Gasteiger charge is -2.52. The van der Waals surface area contributed by atoms with Gasteiger partial charge in [0.15, 0.2) is 0 Å². The van der Waals surface area contributed by atoms with Gasteiger partial charge in [0.2, 0.25) is 11.8 Å². The quantitative estimate of drug-likeness (QED) is 0.445. The monoisotopic (exact) mass is 529 g/mol. The maximum Gasteiger partial charge on any atom is 0.246 e. The summed E-state index contributed by atoms with van der Waals surface area (Å²) in [5, 5.41) is 3.94. The second kappa shape index (κ2) is 11.9. The molecule has 1 atom stereocenters. The highest BCUT2D eigenvalue weighted by molar-refractivity contribution is 6.31. The number of rotatable bonds is 9. The molecule has 2 saturated carbocycles. The van der Waals surface area contributed by atoms with Gasteiger partial charge in [-0.2, -0.15) is 0 Å². The molecule has 1 unspecified atom stereocenters. The molecule has 0 bridgehead atoms. The average Bonchev–Trinajstić information content (AvgIpc) is 2.88. The molecule has 2 amide bonds. The number of nitrogens with one attached hydrogen (secondary N) is 1. The number of carbonyl (C=O) groups excluding carboxylic acids is 2. The van der Waals surface area contributed by atoms with Crippen LogP contribution in [-0.2, 0) is 16.1 Å². The van der Waals surface area contributed by atoms with E-state index in [4.69, 9.17) is 16.3 Å². The molecular weight excluding hydrogens is 486 g/mol. The van der Waals surface area contributed by atoms with E-state index in [1.165, 1.54) is 38.5 Å². The fourth-order valence-corrected chi connectivity index (χ4v) is 6.89. The number of piperazine rings is 1. The molecule has 7 heteroatoms. The first-order valence-electron chi connectivity index (χ1n) is 14.8. The van der Waals surface area contributed by atoms with Crippen molar-refractivity contribution in [2.75, 3.05) is 19.6 Å². The van der Waals surface area contributed by atoms with Gasteiger partial charge < -0.3 is 15.0 Å². The van der Waals surface area contributed by atoms with E-state index >= 15 is 0 Å². The number of hydrogen-bond donors (Lipinski definition) is 1. The van der Waals surface area contributed by atoms with E-state index in [-0.39, 0.29) is 17.9 Å². The highest BCUT2D eigenvalue weighted by atomic mass is 35.5. The van der Waals surface area contributed by atoms with Crippen LogP contribution in [0.15, 0.2) is 18.2 Å². The maximum absolute atomic E-state index is 13.7. The molecule has 2 heterocycles. The summed E-state index contributed by atoms with van der Waals surface area (Å²) in [4.78, 5) is 31.8. The van der Waals surface area contributed by atoms with Crippen LogP contribution >= 0.6 is 11.6 Å². The van der Waals surface area contributed by atoms with Gasteiger partial charge in [0, 0.05) is 31.2 Å². The molecule has 1 N–H and O–H groups in total. The number of hydrogen-bond acceptors (Lipinski definition) is 4. The van der Waals surface area contributed by atoms with Gasteiger partial charge in [-0.1, -0.05) is 63.1 Å². The molecule has 2 aliphatic heterocycles. The van der Waals surface area contributed by atoms with Crippen LogP contribution in [-0.4, -0.2) is 58.9 Å². The maximum atomic E-state index is 13.7. The van der Waals surface area contributed by atoms with E-state index in [1.54, 1.807) is 0 Å². The highest BCUT2D eigenvalue weighted by Crippen LogP contribution is 2.37. The molecule has 0 aromatic heterocycles. The van der Waals surface area contributed by atoms with E-state index in [9.17, 15) is 9.59 Å². The predicted octanol–water partition coefficient (Wildman–Crippen LogP) is 5.70. The van der Waals surface area contributed by atoms with Crippen LogP contribution in [0.4, 0.5) is 0 Å². The molecule has 2 aliphatic carbocycles. The zero-order valence-corrected chi connectivity index (χ0v) is 23.2. The second-order valence-electron chi connectivity index (χ2n) is 11.8. The average molecular weight is 530 g/mol. The largest absolute Gasteiger partial charge is 0.490 e. The SMILES string of the molecule is CCCCN1C(=O)C(CC2CCCCC2)NC(=O)C12CCN(Cc1ccc(OC3CCC3)cc1Cl)CC2. The van der Waals surface area contributed by atoms with Crippen LogP contribution < -0.4 is 10.1 Å². The minimum Gasteiger partial charge on any atom is -0.490 e. The van der Waals surface area contributed by atoms with Crippen LogP contribution in [0.5, 0.6) is 5.75 Å². The van der Waals surface area contributed by atoms with E-state index in [0.717, 1.165) is 68.1 Å². The molecular formula is C30H44ClN3O3. The van der Waals surface area contributed by atoms with Gasteiger partial charge in [-0.15, -0.1) is 0 Å². The van der Waals surface area contributed by atoms with Crippen molar-refractivity contribution in [3.63, 3.8) is 0 Å². The number of carbonyl (C=O) groups is 2. The van der Waals surface area contributed by atoms with Gasteiger partial charge >= 0.3 is 0 Å². The van der Waals surface area contributed by atoms with Crippen molar-refractivity contribution in [2.45, 2.75) is 115 Å². The molecule has 37 heavy (non-hydrogen) atoms. The number of piperidine rings is 1. The Morgan fingerprint density at radius 3 is 2.46 bits per heavy atom. The Morgan fingerprint density at radius 2 is 1.81 bits per heavy atom. The molecule has 6 nitrogen and oxygen atoms in total. The third kappa shape index (κ3) is 5.95. The molecule has 0 radical (unpaired) electrons. The minimum atomic E-state index is -0.712.